The first-order valence-electron chi connectivity index (χ1n) is 10.6. The molecule has 1 atom stereocenters. The second-order valence-electron chi connectivity index (χ2n) is 8.20. The normalized spacial score (nSPS) is 14.8. The topological polar surface area (TPSA) is 102 Å². The summed E-state index contributed by atoms with van der Waals surface area (Å²) >= 11 is 3.02. The summed E-state index contributed by atoms with van der Waals surface area (Å²) in [6.07, 6.45) is 1.71. The molecule has 0 aliphatic heterocycles. The van der Waals surface area contributed by atoms with E-state index in [2.05, 4.69) is 22.3 Å². The van der Waals surface area contributed by atoms with Gasteiger partial charge in [0.1, 0.15) is 17.2 Å². The van der Waals surface area contributed by atoms with Gasteiger partial charge in [0.2, 0.25) is 5.76 Å². The first-order chi connectivity index (χ1) is 16.4. The van der Waals surface area contributed by atoms with E-state index < -0.39 is 23.6 Å². The van der Waals surface area contributed by atoms with Crippen molar-refractivity contribution in [2.45, 2.75) is 38.2 Å². The van der Waals surface area contributed by atoms with E-state index in [0.29, 0.717) is 18.5 Å². The Morgan fingerprint density at radius 2 is 2.03 bits per heavy atom. The fraction of sp³-hybridized carbons (Fsp3) is 0.240. The number of ether oxygens (including phenoxy) is 1. The maximum atomic E-state index is 12.4. The number of benzene rings is 1. The van der Waals surface area contributed by atoms with Crippen molar-refractivity contribution in [3.63, 3.8) is 0 Å². The second kappa shape index (κ2) is 8.63. The number of hydrogen-bond acceptors (Lipinski definition) is 7. The fourth-order valence-electron chi connectivity index (χ4n) is 3.77. The predicted octanol–water partition coefficient (Wildman–Crippen LogP) is 6.08. The molecule has 5 rings (SSSR count). The van der Waals surface area contributed by atoms with Crippen LogP contribution in [0.3, 0.4) is 0 Å². The number of carboxylic acids is 1. The number of carbonyl (C=O) groups excluding carboxylic acids is 1. The van der Waals surface area contributed by atoms with Crippen LogP contribution in [0.5, 0.6) is 0 Å². The number of fused-ring (bicyclic) bond motifs is 1. The molecule has 4 aromatic rings. The van der Waals surface area contributed by atoms with Crippen molar-refractivity contribution >= 4 is 49.8 Å². The van der Waals surface area contributed by atoms with Crippen LogP contribution in [-0.2, 0) is 14.9 Å². The van der Waals surface area contributed by atoms with Crippen molar-refractivity contribution in [2.24, 2.45) is 0 Å². The number of hydrogen-bond donors (Lipinski definition) is 2. The number of carboxylic acid groups (broad SMARTS) is 1. The fourth-order valence-corrected chi connectivity index (χ4v) is 6.31. The summed E-state index contributed by atoms with van der Waals surface area (Å²) < 4.78 is 11.7. The average molecular weight is 493 g/mol. The molecule has 1 aliphatic rings. The minimum absolute atomic E-state index is 0.223. The van der Waals surface area contributed by atoms with Gasteiger partial charge in [-0.15, -0.1) is 22.7 Å². The standard InChI is InChI=1S/C25H20N2O5S2/c1-14-5-3-4-6-18(14)15(2)31-24(30)27-19-13-26-32-20(19)8-7-17-11-16-12-21(34-22(16)33-17)25(9-10-25)23(28)29/h3-6,11-13,15H,9-10H2,1-2H3,(H,27,30)(H,28,29). The van der Waals surface area contributed by atoms with Crippen molar-refractivity contribution in [1.82, 2.24) is 5.16 Å². The molecule has 0 bridgehead atoms. The number of nitrogens with zero attached hydrogens (tertiary/aromatic N) is 1. The molecular formula is C25H20N2O5S2. The number of rotatable bonds is 5. The molecule has 3 aromatic heterocycles. The lowest BCUT2D eigenvalue weighted by molar-refractivity contribution is -0.139. The highest BCUT2D eigenvalue weighted by Crippen LogP contribution is 2.52. The molecule has 1 amide bonds. The van der Waals surface area contributed by atoms with Gasteiger partial charge in [0.05, 0.1) is 15.1 Å². The van der Waals surface area contributed by atoms with Crippen molar-refractivity contribution < 1.29 is 24.0 Å². The Balaban J connectivity index is 1.27. The third-order valence-electron chi connectivity index (χ3n) is 5.86. The van der Waals surface area contributed by atoms with Crippen molar-refractivity contribution in [3.8, 4) is 11.8 Å². The van der Waals surface area contributed by atoms with E-state index in [1.54, 1.807) is 0 Å². The minimum Gasteiger partial charge on any atom is -0.481 e. The van der Waals surface area contributed by atoms with E-state index in [-0.39, 0.29) is 5.76 Å². The highest BCUT2D eigenvalue weighted by molar-refractivity contribution is 7.38. The Kier molecular flexibility index (Phi) is 5.63. The molecular weight excluding hydrogens is 472 g/mol. The zero-order valence-corrected chi connectivity index (χ0v) is 20.0. The number of aliphatic carboxylic acids is 1. The van der Waals surface area contributed by atoms with Crippen LogP contribution in [0.4, 0.5) is 10.5 Å². The monoisotopic (exact) mass is 492 g/mol. The van der Waals surface area contributed by atoms with E-state index in [0.717, 1.165) is 30.3 Å². The summed E-state index contributed by atoms with van der Waals surface area (Å²) in [5, 5.41) is 16.9. The number of aryl methyl sites for hydroxylation is 1. The van der Waals surface area contributed by atoms with Gasteiger partial charge >= 0.3 is 12.1 Å². The highest BCUT2D eigenvalue weighted by Gasteiger charge is 2.53. The molecule has 3 heterocycles. The van der Waals surface area contributed by atoms with Crippen molar-refractivity contribution in [3.05, 3.63) is 69.2 Å². The third kappa shape index (κ3) is 4.18. The summed E-state index contributed by atoms with van der Waals surface area (Å²) in [4.78, 5) is 25.7. The van der Waals surface area contributed by atoms with E-state index in [1.165, 1.54) is 28.9 Å². The zero-order chi connectivity index (χ0) is 23.9. The van der Waals surface area contributed by atoms with Crippen LogP contribution in [0.25, 0.3) is 9.40 Å². The maximum absolute atomic E-state index is 12.4. The molecule has 1 aliphatic carbocycles. The van der Waals surface area contributed by atoms with Gasteiger partial charge in [-0.05, 0) is 61.8 Å². The van der Waals surface area contributed by atoms with Gasteiger partial charge in [0.15, 0.2) is 0 Å². The molecule has 0 radical (unpaired) electrons. The Labute approximate surface area is 203 Å². The summed E-state index contributed by atoms with van der Waals surface area (Å²) in [5.41, 5.74) is 1.60. The van der Waals surface area contributed by atoms with Crippen LogP contribution >= 0.6 is 22.7 Å². The smallest absolute Gasteiger partial charge is 0.412 e. The van der Waals surface area contributed by atoms with Gasteiger partial charge in [0.25, 0.3) is 0 Å². The summed E-state index contributed by atoms with van der Waals surface area (Å²) in [6.45, 7) is 3.78. The molecule has 0 spiro atoms. The first kappa shape index (κ1) is 22.2. The van der Waals surface area contributed by atoms with Gasteiger partial charge in [-0.2, -0.15) is 0 Å². The average Bonchev–Trinajstić information content (AvgIpc) is 3.12. The SMILES string of the molecule is Cc1ccccc1C(C)OC(=O)Nc1cnoc1C#Cc1cc2cc(C3(C(=O)O)CC3)sc2s1. The van der Waals surface area contributed by atoms with Crippen LogP contribution < -0.4 is 5.32 Å². The highest BCUT2D eigenvalue weighted by atomic mass is 32.2. The van der Waals surface area contributed by atoms with E-state index in [9.17, 15) is 14.7 Å². The Hall–Kier alpha value is -3.61. The second-order valence-corrected chi connectivity index (χ2v) is 10.6. The van der Waals surface area contributed by atoms with E-state index >= 15 is 0 Å². The number of anilines is 1. The van der Waals surface area contributed by atoms with Gasteiger partial charge in [-0.25, -0.2) is 4.79 Å². The van der Waals surface area contributed by atoms with Gasteiger partial charge < -0.3 is 14.4 Å². The van der Waals surface area contributed by atoms with Gasteiger partial charge in [-0.3, -0.25) is 10.1 Å². The van der Waals surface area contributed by atoms with E-state index in [1.807, 2.05) is 50.2 Å². The summed E-state index contributed by atoms with van der Waals surface area (Å²) in [6, 6.07) is 11.6. The lowest BCUT2D eigenvalue weighted by atomic mass is 10.1. The van der Waals surface area contributed by atoms with Crippen LogP contribution in [0.2, 0.25) is 0 Å². The largest absolute Gasteiger partial charge is 0.481 e. The van der Waals surface area contributed by atoms with Crippen LogP contribution in [0, 0.1) is 18.8 Å². The molecule has 1 saturated carbocycles. The minimum atomic E-state index is -0.751. The lowest BCUT2D eigenvalue weighted by Crippen LogP contribution is -2.17. The number of nitrogens with one attached hydrogen (secondary N) is 1. The molecule has 1 aromatic carbocycles. The van der Waals surface area contributed by atoms with Crippen molar-refractivity contribution in [1.29, 1.82) is 0 Å². The number of aromatic nitrogens is 1. The van der Waals surface area contributed by atoms with Crippen LogP contribution in [0.15, 0.2) is 47.1 Å². The lowest BCUT2D eigenvalue weighted by Gasteiger charge is -2.15. The summed E-state index contributed by atoms with van der Waals surface area (Å²) in [7, 11) is 0. The third-order valence-corrected chi connectivity index (χ3v) is 8.37. The molecule has 1 unspecified atom stereocenters. The summed E-state index contributed by atoms with van der Waals surface area (Å²) in [5.74, 6) is 5.42. The van der Waals surface area contributed by atoms with Gasteiger partial charge in [0, 0.05) is 10.3 Å². The molecule has 34 heavy (non-hydrogen) atoms. The maximum Gasteiger partial charge on any atom is 0.412 e. The van der Waals surface area contributed by atoms with Crippen LogP contribution in [-0.4, -0.2) is 22.3 Å². The predicted molar refractivity (Wildman–Crippen MR) is 130 cm³/mol. The molecule has 172 valence electrons. The first-order valence-corrected chi connectivity index (χ1v) is 12.3. The molecule has 1 fully saturated rings. The van der Waals surface area contributed by atoms with Gasteiger partial charge in [-0.1, -0.05) is 29.4 Å². The van der Waals surface area contributed by atoms with E-state index in [4.69, 9.17) is 9.26 Å². The molecule has 0 saturated heterocycles. The Morgan fingerprint density at radius 1 is 1.24 bits per heavy atom. The molecule has 7 nitrogen and oxygen atoms in total. The Morgan fingerprint density at radius 3 is 2.74 bits per heavy atom. The number of carbonyl (C=O) groups is 2. The zero-order valence-electron chi connectivity index (χ0n) is 18.4. The number of amides is 1. The molecule has 2 N–H and O–H groups in total. The van der Waals surface area contributed by atoms with Crippen LogP contribution in [0.1, 0.15) is 52.5 Å². The Bertz CT molecular complexity index is 1430. The quantitative estimate of drug-likeness (QED) is 0.327. The molecule has 9 heteroatoms. The number of thiophene rings is 2. The van der Waals surface area contributed by atoms with Crippen molar-refractivity contribution in [2.75, 3.05) is 5.32 Å².